The largest absolute Gasteiger partial charge is 0.417 e. The summed E-state index contributed by atoms with van der Waals surface area (Å²) in [5.41, 5.74) is 2.72. The van der Waals surface area contributed by atoms with E-state index in [-0.39, 0.29) is 12.2 Å². The number of hydrogen-bond acceptors (Lipinski definition) is 3. The zero-order valence-electron chi connectivity index (χ0n) is 12.8. The van der Waals surface area contributed by atoms with Crippen molar-refractivity contribution in [2.45, 2.75) is 12.7 Å². The van der Waals surface area contributed by atoms with E-state index in [0.29, 0.717) is 18.8 Å². The molecule has 0 saturated carbocycles. The van der Waals surface area contributed by atoms with Crippen LogP contribution in [-0.2, 0) is 12.7 Å². The van der Waals surface area contributed by atoms with E-state index in [1.54, 1.807) is 12.1 Å². The molecule has 3 rings (SSSR count). The van der Waals surface area contributed by atoms with Crippen molar-refractivity contribution in [3.63, 3.8) is 0 Å². The summed E-state index contributed by atoms with van der Waals surface area (Å²) in [4.78, 5) is 0. The lowest BCUT2D eigenvalue weighted by atomic mass is 9.96. The quantitative estimate of drug-likeness (QED) is 0.799. The maximum absolute atomic E-state index is 13.2. The highest BCUT2D eigenvalue weighted by Crippen LogP contribution is 2.36. The van der Waals surface area contributed by atoms with Gasteiger partial charge in [0.2, 0.25) is 0 Å². The molecule has 0 spiro atoms. The van der Waals surface area contributed by atoms with Gasteiger partial charge in [0, 0.05) is 30.0 Å². The Morgan fingerprint density at radius 1 is 1.12 bits per heavy atom. The van der Waals surface area contributed by atoms with Crippen LogP contribution in [0.25, 0.3) is 11.8 Å². The van der Waals surface area contributed by atoms with E-state index in [1.165, 1.54) is 12.1 Å². The summed E-state index contributed by atoms with van der Waals surface area (Å²) >= 11 is 0. The second kappa shape index (κ2) is 6.57. The van der Waals surface area contributed by atoms with Gasteiger partial charge in [-0.3, -0.25) is 0 Å². The van der Waals surface area contributed by atoms with Crippen LogP contribution in [0, 0.1) is 0 Å². The van der Waals surface area contributed by atoms with Gasteiger partial charge < -0.3 is 15.7 Å². The Hall–Kier alpha value is -2.47. The first-order valence-electron chi connectivity index (χ1n) is 7.59. The van der Waals surface area contributed by atoms with E-state index >= 15 is 0 Å². The molecule has 0 bridgehead atoms. The van der Waals surface area contributed by atoms with Crippen molar-refractivity contribution >= 4 is 17.5 Å². The molecule has 1 heterocycles. The van der Waals surface area contributed by atoms with E-state index in [1.807, 2.05) is 18.2 Å². The van der Waals surface area contributed by atoms with Crippen molar-refractivity contribution in [1.29, 1.82) is 0 Å². The molecule has 24 heavy (non-hydrogen) atoms. The maximum Gasteiger partial charge on any atom is 0.417 e. The monoisotopic (exact) mass is 334 g/mol. The fourth-order valence-corrected chi connectivity index (χ4v) is 2.74. The highest BCUT2D eigenvalue weighted by molar-refractivity contribution is 5.84. The van der Waals surface area contributed by atoms with Crippen LogP contribution in [0.5, 0.6) is 0 Å². The second-order valence-corrected chi connectivity index (χ2v) is 5.52. The van der Waals surface area contributed by atoms with E-state index in [4.69, 9.17) is 5.11 Å². The molecular formula is C18H17F3N2O. The predicted molar refractivity (Wildman–Crippen MR) is 88.2 cm³/mol. The molecular weight excluding hydrogens is 317 g/mol. The molecule has 0 radical (unpaired) electrons. The third-order valence-corrected chi connectivity index (χ3v) is 3.88. The fraction of sp³-hybridized carbons (Fsp3) is 0.222. The molecule has 0 aromatic heterocycles. The predicted octanol–water partition coefficient (Wildman–Crippen LogP) is 3.71. The minimum Gasteiger partial charge on any atom is -0.395 e. The van der Waals surface area contributed by atoms with Crippen LogP contribution in [-0.4, -0.2) is 18.3 Å². The molecule has 0 saturated heterocycles. The van der Waals surface area contributed by atoms with Crippen molar-refractivity contribution in [2.75, 3.05) is 18.5 Å². The number of hydrogen-bond donors (Lipinski definition) is 3. The first kappa shape index (κ1) is 16.4. The number of fused-ring (bicyclic) bond motifs is 1. The molecule has 3 nitrogen and oxygen atoms in total. The average molecular weight is 334 g/mol. The number of aliphatic hydroxyl groups is 1. The Morgan fingerprint density at radius 2 is 1.92 bits per heavy atom. The summed E-state index contributed by atoms with van der Waals surface area (Å²) < 4.78 is 39.6. The zero-order valence-corrected chi connectivity index (χ0v) is 12.8. The molecule has 2 aromatic carbocycles. The Kier molecular flexibility index (Phi) is 4.49. The standard InChI is InChI=1S/C18H17F3N2O/c19-18(20,21)16-4-2-1-3-15(16)17-10-12-5-6-14(22-7-8-24)9-13(12)11-23-17/h1-6,9-10,22-24H,7-8,11H2. The molecule has 0 fully saturated rings. The highest BCUT2D eigenvalue weighted by atomic mass is 19.4. The topological polar surface area (TPSA) is 44.3 Å². The number of alkyl halides is 3. The summed E-state index contributed by atoms with van der Waals surface area (Å²) in [5, 5.41) is 15.0. The number of aliphatic hydroxyl groups excluding tert-OH is 1. The molecule has 2 aromatic rings. The van der Waals surface area contributed by atoms with E-state index < -0.39 is 11.7 Å². The van der Waals surface area contributed by atoms with Crippen molar-refractivity contribution in [3.05, 3.63) is 64.7 Å². The van der Waals surface area contributed by atoms with Crippen LogP contribution < -0.4 is 10.6 Å². The van der Waals surface area contributed by atoms with Crippen molar-refractivity contribution in [2.24, 2.45) is 0 Å². The molecule has 0 amide bonds. The maximum atomic E-state index is 13.2. The van der Waals surface area contributed by atoms with Gasteiger partial charge in [0.25, 0.3) is 0 Å². The van der Waals surface area contributed by atoms with Crippen LogP contribution in [0.4, 0.5) is 18.9 Å². The first-order valence-corrected chi connectivity index (χ1v) is 7.59. The molecule has 0 aliphatic carbocycles. The van der Waals surface area contributed by atoms with Gasteiger partial charge in [-0.15, -0.1) is 0 Å². The lowest BCUT2D eigenvalue weighted by Crippen LogP contribution is -2.20. The molecule has 0 atom stereocenters. The third kappa shape index (κ3) is 3.38. The highest BCUT2D eigenvalue weighted by Gasteiger charge is 2.34. The van der Waals surface area contributed by atoms with Crippen molar-refractivity contribution in [3.8, 4) is 0 Å². The van der Waals surface area contributed by atoms with Gasteiger partial charge in [-0.05, 0) is 35.4 Å². The smallest absolute Gasteiger partial charge is 0.395 e. The SMILES string of the molecule is OCCNc1ccc2c(c1)CNC(c1ccccc1C(F)(F)F)=C2. The third-order valence-electron chi connectivity index (χ3n) is 3.88. The van der Waals surface area contributed by atoms with Gasteiger partial charge in [0.1, 0.15) is 0 Å². The van der Waals surface area contributed by atoms with Gasteiger partial charge in [-0.25, -0.2) is 0 Å². The van der Waals surface area contributed by atoms with Gasteiger partial charge in [0.05, 0.1) is 12.2 Å². The second-order valence-electron chi connectivity index (χ2n) is 5.52. The lowest BCUT2D eigenvalue weighted by molar-refractivity contribution is -0.137. The molecule has 1 aliphatic rings. The summed E-state index contributed by atoms with van der Waals surface area (Å²) in [6.07, 6.45) is -2.66. The van der Waals surface area contributed by atoms with Crippen LogP contribution >= 0.6 is 0 Å². The van der Waals surface area contributed by atoms with Crippen molar-refractivity contribution in [1.82, 2.24) is 5.32 Å². The van der Waals surface area contributed by atoms with Crippen LogP contribution in [0.1, 0.15) is 22.3 Å². The average Bonchev–Trinajstić information content (AvgIpc) is 2.58. The van der Waals surface area contributed by atoms with Gasteiger partial charge in [-0.2, -0.15) is 13.2 Å². The number of nitrogens with one attached hydrogen (secondary N) is 2. The van der Waals surface area contributed by atoms with Crippen molar-refractivity contribution < 1.29 is 18.3 Å². The molecule has 0 unspecified atom stereocenters. The molecule has 6 heteroatoms. The normalized spacial score (nSPS) is 13.8. The summed E-state index contributed by atoms with van der Waals surface area (Å²) in [6.45, 7) is 0.932. The number of anilines is 1. The van der Waals surface area contributed by atoms with Crippen LogP contribution in [0.2, 0.25) is 0 Å². The minimum atomic E-state index is -4.39. The number of halogens is 3. The molecule has 126 valence electrons. The number of rotatable bonds is 4. The molecule has 1 aliphatic heterocycles. The fourth-order valence-electron chi connectivity index (χ4n) is 2.74. The Labute approximate surface area is 137 Å². The van der Waals surface area contributed by atoms with Crippen LogP contribution in [0.15, 0.2) is 42.5 Å². The van der Waals surface area contributed by atoms with Crippen LogP contribution in [0.3, 0.4) is 0 Å². The summed E-state index contributed by atoms with van der Waals surface area (Å²) in [7, 11) is 0. The molecule has 3 N–H and O–H groups in total. The van der Waals surface area contributed by atoms with E-state index in [2.05, 4.69) is 10.6 Å². The van der Waals surface area contributed by atoms with E-state index in [9.17, 15) is 13.2 Å². The van der Waals surface area contributed by atoms with Gasteiger partial charge >= 0.3 is 6.18 Å². The summed E-state index contributed by atoms with van der Waals surface area (Å²) in [5.74, 6) is 0. The Morgan fingerprint density at radius 3 is 2.67 bits per heavy atom. The first-order chi connectivity index (χ1) is 11.5. The van der Waals surface area contributed by atoms with Gasteiger partial charge in [0.15, 0.2) is 0 Å². The number of benzene rings is 2. The zero-order chi connectivity index (χ0) is 17.2. The van der Waals surface area contributed by atoms with Gasteiger partial charge in [-0.1, -0.05) is 24.3 Å². The Bertz CT molecular complexity index is 769. The summed E-state index contributed by atoms with van der Waals surface area (Å²) in [6, 6.07) is 11.2. The Balaban J connectivity index is 1.95. The van der Waals surface area contributed by atoms with E-state index in [0.717, 1.165) is 22.9 Å². The lowest BCUT2D eigenvalue weighted by Gasteiger charge is -2.22. The minimum absolute atomic E-state index is 0.0353.